The van der Waals surface area contributed by atoms with E-state index in [1.165, 1.54) is 19.3 Å². The van der Waals surface area contributed by atoms with Gasteiger partial charge in [0, 0.05) is 25.8 Å². The molecule has 1 amide bonds. The van der Waals surface area contributed by atoms with Crippen LogP contribution in [0.4, 0.5) is 5.69 Å². The molecule has 106 valence electrons. The van der Waals surface area contributed by atoms with Gasteiger partial charge in [-0.15, -0.1) is 0 Å². The van der Waals surface area contributed by atoms with E-state index in [1.807, 2.05) is 24.3 Å². The molecule has 0 bridgehead atoms. The number of nitrogens with zero attached hydrogens (tertiary/aromatic N) is 1. The lowest BCUT2D eigenvalue weighted by Gasteiger charge is -2.19. The molecule has 1 rings (SSSR count). The monoisotopic (exact) mass is 262 g/mol. The number of anilines is 1. The van der Waals surface area contributed by atoms with E-state index in [1.54, 1.807) is 19.0 Å². The molecule has 0 saturated heterocycles. The lowest BCUT2D eigenvalue weighted by molar-refractivity contribution is 0.0828. The Morgan fingerprint density at radius 3 is 2.58 bits per heavy atom. The number of benzene rings is 1. The van der Waals surface area contributed by atoms with Gasteiger partial charge < -0.3 is 10.2 Å². The molecule has 1 aromatic rings. The van der Waals surface area contributed by atoms with E-state index >= 15 is 0 Å². The van der Waals surface area contributed by atoms with Gasteiger partial charge in [-0.3, -0.25) is 4.79 Å². The third-order valence-electron chi connectivity index (χ3n) is 3.21. The van der Waals surface area contributed by atoms with Gasteiger partial charge in [0.2, 0.25) is 0 Å². The van der Waals surface area contributed by atoms with Crippen molar-refractivity contribution >= 4 is 11.6 Å². The van der Waals surface area contributed by atoms with Crippen molar-refractivity contribution in [1.82, 2.24) is 4.90 Å². The van der Waals surface area contributed by atoms with Crippen molar-refractivity contribution < 1.29 is 4.79 Å². The zero-order chi connectivity index (χ0) is 14.3. The van der Waals surface area contributed by atoms with E-state index in [9.17, 15) is 4.79 Å². The first-order valence-electron chi connectivity index (χ1n) is 7.13. The van der Waals surface area contributed by atoms with Gasteiger partial charge in [-0.25, -0.2) is 0 Å². The fourth-order valence-electron chi connectivity index (χ4n) is 2.07. The standard InChI is InChI=1S/C16H26N2O/c1-5-6-7-10-13(2)17-15-12-9-8-11-14(15)16(19)18(3)4/h8-9,11-13,17H,5-7,10H2,1-4H3. The van der Waals surface area contributed by atoms with Crippen LogP contribution in [-0.4, -0.2) is 30.9 Å². The van der Waals surface area contributed by atoms with Crippen LogP contribution in [0.15, 0.2) is 24.3 Å². The average molecular weight is 262 g/mol. The van der Waals surface area contributed by atoms with Gasteiger partial charge in [-0.2, -0.15) is 0 Å². The minimum Gasteiger partial charge on any atom is -0.382 e. The summed E-state index contributed by atoms with van der Waals surface area (Å²) in [6.45, 7) is 4.38. The number of unbranched alkanes of at least 4 members (excludes halogenated alkanes) is 2. The molecule has 19 heavy (non-hydrogen) atoms. The summed E-state index contributed by atoms with van der Waals surface area (Å²) in [5.41, 5.74) is 1.68. The average Bonchev–Trinajstić information content (AvgIpc) is 2.38. The van der Waals surface area contributed by atoms with Crippen molar-refractivity contribution in [2.24, 2.45) is 0 Å². The Kier molecular flexibility index (Phi) is 6.40. The second kappa shape index (κ2) is 7.82. The Labute approximate surface area is 117 Å². The van der Waals surface area contributed by atoms with E-state index in [-0.39, 0.29) is 5.91 Å². The summed E-state index contributed by atoms with van der Waals surface area (Å²) < 4.78 is 0. The van der Waals surface area contributed by atoms with Crippen molar-refractivity contribution in [2.75, 3.05) is 19.4 Å². The van der Waals surface area contributed by atoms with E-state index in [0.717, 1.165) is 17.7 Å². The normalized spacial score (nSPS) is 12.0. The molecule has 0 radical (unpaired) electrons. The fourth-order valence-corrected chi connectivity index (χ4v) is 2.07. The third kappa shape index (κ3) is 4.93. The highest BCUT2D eigenvalue weighted by Crippen LogP contribution is 2.19. The maximum Gasteiger partial charge on any atom is 0.255 e. The van der Waals surface area contributed by atoms with Crippen molar-refractivity contribution in [3.05, 3.63) is 29.8 Å². The van der Waals surface area contributed by atoms with Crippen LogP contribution in [0, 0.1) is 0 Å². The van der Waals surface area contributed by atoms with Gasteiger partial charge in [-0.05, 0) is 25.5 Å². The number of rotatable bonds is 7. The lowest BCUT2D eigenvalue weighted by Crippen LogP contribution is -2.24. The zero-order valence-corrected chi connectivity index (χ0v) is 12.6. The smallest absolute Gasteiger partial charge is 0.255 e. The van der Waals surface area contributed by atoms with Crippen molar-refractivity contribution in [3.8, 4) is 0 Å². The van der Waals surface area contributed by atoms with Crippen molar-refractivity contribution in [1.29, 1.82) is 0 Å². The first-order valence-corrected chi connectivity index (χ1v) is 7.13. The first kappa shape index (κ1) is 15.5. The molecule has 0 saturated carbocycles. The van der Waals surface area contributed by atoms with E-state index in [2.05, 4.69) is 19.2 Å². The van der Waals surface area contributed by atoms with Crippen LogP contribution in [0.1, 0.15) is 49.9 Å². The summed E-state index contributed by atoms with van der Waals surface area (Å²) in [6, 6.07) is 8.12. The number of hydrogen-bond donors (Lipinski definition) is 1. The Hall–Kier alpha value is -1.51. The van der Waals surface area contributed by atoms with Crippen LogP contribution in [0.25, 0.3) is 0 Å². The van der Waals surface area contributed by atoms with E-state index in [0.29, 0.717) is 6.04 Å². The Balaban J connectivity index is 2.70. The van der Waals surface area contributed by atoms with Gasteiger partial charge in [0.05, 0.1) is 5.56 Å². The summed E-state index contributed by atoms with van der Waals surface area (Å²) in [5.74, 6) is 0.0452. The zero-order valence-electron chi connectivity index (χ0n) is 12.6. The first-order chi connectivity index (χ1) is 9.06. The summed E-state index contributed by atoms with van der Waals surface area (Å²) in [7, 11) is 3.56. The van der Waals surface area contributed by atoms with E-state index in [4.69, 9.17) is 0 Å². The summed E-state index contributed by atoms with van der Waals surface area (Å²) >= 11 is 0. The molecule has 0 fully saturated rings. The Bertz CT molecular complexity index is 401. The molecule has 0 aromatic heterocycles. The highest BCUT2D eigenvalue weighted by atomic mass is 16.2. The molecular weight excluding hydrogens is 236 g/mol. The van der Waals surface area contributed by atoms with E-state index < -0.39 is 0 Å². The second-order valence-electron chi connectivity index (χ2n) is 5.29. The van der Waals surface area contributed by atoms with Crippen molar-refractivity contribution in [2.45, 2.75) is 45.6 Å². The number of hydrogen-bond acceptors (Lipinski definition) is 2. The number of nitrogens with one attached hydrogen (secondary N) is 1. The largest absolute Gasteiger partial charge is 0.382 e. The van der Waals surface area contributed by atoms with Gasteiger partial charge in [0.1, 0.15) is 0 Å². The molecule has 0 heterocycles. The SMILES string of the molecule is CCCCCC(C)Nc1ccccc1C(=O)N(C)C. The van der Waals surface area contributed by atoms with Crippen LogP contribution < -0.4 is 5.32 Å². The predicted molar refractivity (Wildman–Crippen MR) is 81.7 cm³/mol. The molecule has 1 aromatic carbocycles. The van der Waals surface area contributed by atoms with Gasteiger partial charge in [0.15, 0.2) is 0 Å². The molecule has 3 nitrogen and oxygen atoms in total. The van der Waals surface area contributed by atoms with Crippen molar-refractivity contribution in [3.63, 3.8) is 0 Å². The summed E-state index contributed by atoms with van der Waals surface area (Å²) in [6.07, 6.45) is 4.87. The van der Waals surface area contributed by atoms with Gasteiger partial charge in [0.25, 0.3) is 5.91 Å². The summed E-state index contributed by atoms with van der Waals surface area (Å²) in [4.78, 5) is 13.7. The number of para-hydroxylation sites is 1. The quantitative estimate of drug-likeness (QED) is 0.759. The number of carbonyl (C=O) groups is 1. The molecule has 3 heteroatoms. The van der Waals surface area contributed by atoms with Crippen LogP contribution in [0.2, 0.25) is 0 Å². The Morgan fingerprint density at radius 2 is 1.95 bits per heavy atom. The maximum atomic E-state index is 12.1. The topological polar surface area (TPSA) is 32.3 Å². The second-order valence-corrected chi connectivity index (χ2v) is 5.29. The molecule has 1 unspecified atom stereocenters. The van der Waals surface area contributed by atoms with Crippen LogP contribution >= 0.6 is 0 Å². The van der Waals surface area contributed by atoms with Gasteiger partial charge in [-0.1, -0.05) is 38.3 Å². The lowest BCUT2D eigenvalue weighted by atomic mass is 10.1. The van der Waals surface area contributed by atoms with Gasteiger partial charge >= 0.3 is 0 Å². The fraction of sp³-hybridized carbons (Fsp3) is 0.562. The number of amides is 1. The molecule has 0 aliphatic heterocycles. The molecule has 1 atom stereocenters. The molecule has 0 aliphatic carbocycles. The number of carbonyl (C=O) groups excluding carboxylic acids is 1. The maximum absolute atomic E-state index is 12.1. The highest BCUT2D eigenvalue weighted by Gasteiger charge is 2.13. The minimum absolute atomic E-state index is 0.0452. The summed E-state index contributed by atoms with van der Waals surface area (Å²) in [5, 5.41) is 3.46. The molecular formula is C16H26N2O. The predicted octanol–water partition coefficient (Wildman–Crippen LogP) is 3.77. The van der Waals surface area contributed by atoms with Crippen LogP contribution in [-0.2, 0) is 0 Å². The van der Waals surface area contributed by atoms with Crippen LogP contribution in [0.5, 0.6) is 0 Å². The highest BCUT2D eigenvalue weighted by molar-refractivity contribution is 5.99. The minimum atomic E-state index is 0.0452. The Morgan fingerprint density at radius 1 is 1.26 bits per heavy atom. The molecule has 1 N–H and O–H groups in total. The third-order valence-corrected chi connectivity index (χ3v) is 3.21. The van der Waals surface area contributed by atoms with Crippen LogP contribution in [0.3, 0.4) is 0 Å². The molecule has 0 spiro atoms. The molecule has 0 aliphatic rings.